The number of amides is 2. The molecule has 10 heterocycles. The number of anilines is 5. The third-order valence-corrected chi connectivity index (χ3v) is 25.8. The van der Waals surface area contributed by atoms with Crippen molar-refractivity contribution in [2.24, 2.45) is 15.0 Å². The molecule has 0 bridgehead atoms. The second-order valence-electron chi connectivity index (χ2n) is 32.6. The summed E-state index contributed by atoms with van der Waals surface area (Å²) in [6.45, 7) is 15.3. The van der Waals surface area contributed by atoms with Crippen LogP contribution in [0.3, 0.4) is 0 Å². The van der Waals surface area contributed by atoms with Crippen LogP contribution in [0.1, 0.15) is 135 Å². The van der Waals surface area contributed by atoms with Crippen molar-refractivity contribution in [3.8, 4) is 11.5 Å². The van der Waals surface area contributed by atoms with E-state index in [1.54, 1.807) is 48.3 Å². The van der Waals surface area contributed by atoms with Crippen LogP contribution in [0.15, 0.2) is 246 Å². The van der Waals surface area contributed by atoms with Gasteiger partial charge in [-0.25, -0.2) is 15.0 Å². The Bertz CT molecular complexity index is 5740. The average Bonchev–Trinajstić information content (AvgIpc) is 1.73. The van der Waals surface area contributed by atoms with Crippen LogP contribution in [-0.2, 0) is 62.5 Å². The van der Waals surface area contributed by atoms with E-state index in [1.165, 1.54) is 38.5 Å². The molecule has 0 saturated carbocycles. The number of aliphatic imine (C=N–C) groups is 3. The normalized spacial score (nSPS) is 18.0. The highest BCUT2D eigenvalue weighted by Gasteiger charge is 2.52. The number of ketones is 1. The molecule has 2 amide bonds. The Balaban J connectivity index is 0.000000139. The molecule has 18 rings (SSSR count). The number of nitrogens with zero attached hydrogens (tertiary/aromatic N) is 11. The number of fused-ring (bicyclic) bond motifs is 3. The van der Waals surface area contributed by atoms with Crippen LogP contribution in [0.25, 0.3) is 0 Å². The SMILES string of the molecule is C.CC1(C)OB(c2ccc(N3CCCC3)nc2)OC1(C)C.COc1ccc(CN2C(=O)C(Cc3ccccc3Cl)N=C(Cl)c3cc(Cl)ccc32)cc1.COc1ccc(CN2C(=O)C(Cc3ccccc3Cl)N=C(c3ccc(N4CCCC4)nc3)c3cc(Cl)ccc32)cc1.O=C1Cc2ccc(Cl)cc2C(c2ccc(N3CCCC3)nc2)=NC1Cc1ccccc1Cl. The molecule has 3 aromatic heterocycles. The first-order valence-corrected chi connectivity index (χ1v) is 44.5. The molecule has 0 N–H and O–H groups in total. The van der Waals surface area contributed by atoms with Crippen molar-refractivity contribution in [1.82, 2.24) is 15.0 Å². The van der Waals surface area contributed by atoms with Crippen molar-refractivity contribution in [3.05, 3.63) is 322 Å². The van der Waals surface area contributed by atoms with Gasteiger partial charge in [-0.1, -0.05) is 180 Å². The second kappa shape index (κ2) is 41.1. The van der Waals surface area contributed by atoms with Gasteiger partial charge in [0, 0.05) is 147 Å². The number of benzodiazepines with no additional fused rings is 2. The fourth-order valence-electron chi connectivity index (χ4n) is 16.1. The maximum atomic E-state index is 14.3. The van der Waals surface area contributed by atoms with Crippen LogP contribution < -0.4 is 39.4 Å². The molecule has 3 unspecified atom stereocenters. The Hall–Kier alpha value is -10.2. The summed E-state index contributed by atoms with van der Waals surface area (Å²) in [6, 6.07) is 64.9. The summed E-state index contributed by atoms with van der Waals surface area (Å²) in [5, 5.41) is 3.81. The number of hydrogen-bond donors (Lipinski definition) is 0. The molecule has 7 aliphatic rings. The number of aromatic nitrogens is 3. The Morgan fingerprint density at radius 2 is 0.792 bits per heavy atom. The Kier molecular flexibility index (Phi) is 29.9. The number of benzene rings is 8. The van der Waals surface area contributed by atoms with Crippen molar-refractivity contribution >= 4 is 157 Å². The molecule has 8 aromatic carbocycles. The van der Waals surface area contributed by atoms with Gasteiger partial charge in [0.1, 0.15) is 52.2 Å². The van der Waals surface area contributed by atoms with E-state index < -0.39 is 18.1 Å². The van der Waals surface area contributed by atoms with Gasteiger partial charge in [0.2, 0.25) is 0 Å². The van der Waals surface area contributed by atoms with Gasteiger partial charge in [-0.15, -0.1) is 0 Å². The maximum absolute atomic E-state index is 14.3. The van der Waals surface area contributed by atoms with Crippen LogP contribution in [0.2, 0.25) is 30.1 Å². The first kappa shape index (κ1) is 91.1. The van der Waals surface area contributed by atoms with Crippen molar-refractivity contribution in [2.45, 2.75) is 142 Å². The molecule has 644 valence electrons. The molecule has 3 atom stereocenters. The number of pyridine rings is 3. The molecular weight excluding hydrogens is 1710 g/mol. The van der Waals surface area contributed by atoms with Crippen molar-refractivity contribution < 1.29 is 33.2 Å². The third-order valence-electron chi connectivity index (χ3n) is 23.7. The van der Waals surface area contributed by atoms with E-state index in [0.29, 0.717) is 85.9 Å². The lowest BCUT2D eigenvalue weighted by Gasteiger charge is -2.32. The molecule has 4 fully saturated rings. The summed E-state index contributed by atoms with van der Waals surface area (Å²) < 4.78 is 22.6. The third kappa shape index (κ3) is 21.8. The van der Waals surface area contributed by atoms with E-state index in [0.717, 1.165) is 141 Å². The topological polar surface area (TPSA) is 180 Å². The summed E-state index contributed by atoms with van der Waals surface area (Å²) in [5.41, 5.74) is 12.7. The van der Waals surface area contributed by atoms with Gasteiger partial charge in [0.15, 0.2) is 5.78 Å². The van der Waals surface area contributed by atoms with E-state index >= 15 is 0 Å². The quantitative estimate of drug-likeness (QED) is 0.0741. The summed E-state index contributed by atoms with van der Waals surface area (Å²) in [5.74, 6) is 4.31. The summed E-state index contributed by atoms with van der Waals surface area (Å²) in [4.78, 5) is 80.3. The van der Waals surface area contributed by atoms with Crippen LogP contribution in [0, 0.1) is 0 Å². The first-order valence-electron chi connectivity index (χ1n) is 41.8. The van der Waals surface area contributed by atoms with E-state index in [1.807, 2.05) is 195 Å². The highest BCUT2D eigenvalue weighted by atomic mass is 35.5. The fourth-order valence-corrected chi connectivity index (χ4v) is 17.6. The summed E-state index contributed by atoms with van der Waals surface area (Å²) in [6.07, 6.45) is 14.4. The summed E-state index contributed by atoms with van der Waals surface area (Å²) >= 11 is 44.9. The number of hydrogen-bond acceptors (Lipinski definition) is 16. The minimum Gasteiger partial charge on any atom is -0.497 e. The Morgan fingerprint density at radius 3 is 1.21 bits per heavy atom. The number of rotatable bonds is 18. The Morgan fingerprint density at radius 1 is 0.416 bits per heavy atom. The minimum absolute atomic E-state index is 0. The van der Waals surface area contributed by atoms with Crippen molar-refractivity contribution in [3.63, 3.8) is 0 Å². The largest absolute Gasteiger partial charge is 0.497 e. The van der Waals surface area contributed by atoms with Crippen LogP contribution in [0.5, 0.6) is 11.5 Å². The van der Waals surface area contributed by atoms with Gasteiger partial charge in [0.25, 0.3) is 11.8 Å². The number of ether oxygens (including phenoxy) is 2. The monoisotopic (exact) mass is 1810 g/mol. The van der Waals surface area contributed by atoms with E-state index in [2.05, 4.69) is 64.5 Å². The number of halogens is 7. The minimum atomic E-state index is -0.711. The average molecular weight is 1810 g/mol. The fraction of sp³-hybridized carbons (Fsp3) is 0.303. The van der Waals surface area contributed by atoms with Gasteiger partial charge in [-0.3, -0.25) is 29.4 Å². The van der Waals surface area contributed by atoms with Gasteiger partial charge < -0.3 is 43.3 Å². The van der Waals surface area contributed by atoms with Crippen LogP contribution in [-0.4, -0.2) is 139 Å². The number of methoxy groups -OCH3 is 2. The second-order valence-corrected chi connectivity index (χ2v) is 35.4. The van der Waals surface area contributed by atoms with E-state index in [9.17, 15) is 14.4 Å². The van der Waals surface area contributed by atoms with Crippen LogP contribution >= 0.6 is 81.2 Å². The standard InChI is InChI=1S/C33H30Cl2N4O2.C26H23Cl2N3O.C24H19Cl3N2O2.C15H23BN2O2.CH4/c1-41-26-12-8-22(9-13-26)21-39-30-14-11-25(34)19-27(30)32(24-10-15-31(36-20-24)38-16-4-5-17-38)37-29(33(39)40)18-23-6-2-3-7-28(23)35;27-20-9-7-17-14-24(32)23(13-18-5-1-2-6-22(18)28)30-26(21(17)15-20)19-8-10-25(29-16-19)31-11-3-4-12-31;1-31-18-9-6-15(7-10-18)14-29-22-11-8-17(25)13-19(22)23(27)28-21(24(29)30)12-16-4-2-3-5-20(16)26;1-14(2)15(3,4)20-16(19-14)12-7-8-13(17-11-12)18-9-5-6-10-18;/h2-3,6-15,19-20,29H,4-5,16-18,21H2,1H3;1-2,5-10,15-16,23H,3-4,11-14H2;2-11,13,21H,12,14H2,1H3;7-8,11H,5-6,9-10H2,1-4H3;1H4. The zero-order valence-electron chi connectivity index (χ0n) is 69.9. The highest BCUT2D eigenvalue weighted by Crippen LogP contribution is 2.40. The summed E-state index contributed by atoms with van der Waals surface area (Å²) in [7, 11) is 2.93. The zero-order chi connectivity index (χ0) is 86.8. The maximum Gasteiger partial charge on any atom is 0.496 e. The molecule has 0 aliphatic carbocycles. The van der Waals surface area contributed by atoms with Gasteiger partial charge in [0.05, 0.1) is 61.3 Å². The van der Waals surface area contributed by atoms with Gasteiger partial charge in [-0.05, 0) is 221 Å². The molecule has 7 aliphatic heterocycles. The number of Topliss-reactive ketones (excluding diaryl/α,β-unsaturated/α-hetero) is 1. The molecule has 4 saturated heterocycles. The molecular formula is C99H99BCl7N11O7. The van der Waals surface area contributed by atoms with Crippen molar-refractivity contribution in [1.29, 1.82) is 0 Å². The highest BCUT2D eigenvalue weighted by molar-refractivity contribution is 6.70. The predicted molar refractivity (Wildman–Crippen MR) is 511 cm³/mol. The van der Waals surface area contributed by atoms with E-state index in [4.69, 9.17) is 120 Å². The molecule has 26 heteroatoms. The number of carbonyl (C=O) groups is 3. The molecule has 18 nitrogen and oxygen atoms in total. The smallest absolute Gasteiger partial charge is 0.496 e. The number of carbonyl (C=O) groups excluding carboxylic acids is 3. The van der Waals surface area contributed by atoms with Crippen molar-refractivity contribution in [2.75, 3.05) is 78.0 Å². The van der Waals surface area contributed by atoms with E-state index in [-0.39, 0.29) is 48.5 Å². The Labute approximate surface area is 767 Å². The predicted octanol–water partition coefficient (Wildman–Crippen LogP) is 21.3. The molecule has 11 aromatic rings. The molecule has 0 radical (unpaired) electrons. The van der Waals surface area contributed by atoms with Gasteiger partial charge >= 0.3 is 7.12 Å². The first-order chi connectivity index (χ1) is 59.9. The lowest BCUT2D eigenvalue weighted by atomic mass is 9.80. The van der Waals surface area contributed by atoms with Crippen LogP contribution in [0.4, 0.5) is 28.8 Å². The molecule has 125 heavy (non-hydrogen) atoms. The lowest BCUT2D eigenvalue weighted by molar-refractivity contribution is -0.120. The van der Waals surface area contributed by atoms with Gasteiger partial charge in [-0.2, -0.15) is 0 Å². The molecule has 0 spiro atoms. The lowest BCUT2D eigenvalue weighted by Crippen LogP contribution is -2.41. The zero-order valence-corrected chi connectivity index (χ0v) is 75.2.